The third-order valence-electron chi connectivity index (χ3n) is 3.91. The predicted molar refractivity (Wildman–Crippen MR) is 89.7 cm³/mol. The lowest BCUT2D eigenvalue weighted by Crippen LogP contribution is -2.59. The number of pyridine rings is 1. The van der Waals surface area contributed by atoms with Gasteiger partial charge in [-0.1, -0.05) is 0 Å². The number of anilines is 1. The molecule has 0 atom stereocenters. The largest absolute Gasteiger partial charge is 0.442 e. The number of halogens is 1. The van der Waals surface area contributed by atoms with Gasteiger partial charge < -0.3 is 15.0 Å². The molecule has 0 aromatic carbocycles. The van der Waals surface area contributed by atoms with Crippen molar-refractivity contribution in [2.45, 2.75) is 6.10 Å². The second-order valence-corrected chi connectivity index (χ2v) is 6.32. The summed E-state index contributed by atoms with van der Waals surface area (Å²) in [6.07, 6.45) is -0.664. The fourth-order valence-electron chi connectivity index (χ4n) is 2.75. The van der Waals surface area contributed by atoms with Gasteiger partial charge in [-0.05, 0) is 28.1 Å². The molecule has 0 bridgehead atoms. The van der Waals surface area contributed by atoms with Crippen molar-refractivity contribution in [3.63, 3.8) is 0 Å². The van der Waals surface area contributed by atoms with Crippen molar-refractivity contribution in [2.24, 2.45) is 9.98 Å². The number of alkyl carbamates (subject to hydrolysis) is 1. The summed E-state index contributed by atoms with van der Waals surface area (Å²) in [6, 6.07) is 3.64. The van der Waals surface area contributed by atoms with Crippen LogP contribution in [-0.2, 0) is 9.53 Å². The maximum atomic E-state index is 11.8. The Balaban J connectivity index is 1.61. The number of carbonyl (C=O) groups excluding carboxylic acids is 2. The molecule has 2 amide bonds. The van der Waals surface area contributed by atoms with Gasteiger partial charge in [-0.3, -0.25) is 9.69 Å². The molecule has 3 aliphatic rings. The second-order valence-electron chi connectivity index (χ2n) is 5.51. The van der Waals surface area contributed by atoms with E-state index in [4.69, 9.17) is 4.74 Å². The summed E-state index contributed by atoms with van der Waals surface area (Å²) in [7, 11) is 1.52. The van der Waals surface area contributed by atoms with Gasteiger partial charge in [-0.2, -0.15) is 4.99 Å². The number of fused-ring (bicyclic) bond motifs is 3. The third kappa shape index (κ3) is 2.42. The van der Waals surface area contributed by atoms with Crippen LogP contribution in [-0.4, -0.2) is 66.3 Å². The van der Waals surface area contributed by atoms with Crippen LogP contribution in [0.4, 0.5) is 16.3 Å². The Morgan fingerprint density at radius 3 is 2.88 bits per heavy atom. The predicted octanol–water partition coefficient (Wildman–Crippen LogP) is 0.673. The summed E-state index contributed by atoms with van der Waals surface area (Å²) in [5, 5.41) is 2.42. The number of nitrogens with zero attached hydrogens (tertiary/aromatic N) is 5. The van der Waals surface area contributed by atoms with Crippen molar-refractivity contribution >= 4 is 51.1 Å². The highest BCUT2D eigenvalue weighted by Crippen LogP contribution is 2.35. The Labute approximate surface area is 145 Å². The van der Waals surface area contributed by atoms with Gasteiger partial charge in [0.05, 0.1) is 13.1 Å². The molecule has 4 rings (SSSR count). The van der Waals surface area contributed by atoms with E-state index in [0.717, 1.165) is 0 Å². The molecule has 0 radical (unpaired) electrons. The normalized spacial score (nSPS) is 19.2. The molecule has 24 heavy (non-hydrogen) atoms. The van der Waals surface area contributed by atoms with Crippen LogP contribution in [0, 0.1) is 0 Å². The molecule has 1 saturated heterocycles. The van der Waals surface area contributed by atoms with E-state index < -0.39 is 6.09 Å². The zero-order valence-corrected chi connectivity index (χ0v) is 14.3. The van der Waals surface area contributed by atoms with Crippen LogP contribution in [0.2, 0.25) is 0 Å². The van der Waals surface area contributed by atoms with E-state index in [1.165, 1.54) is 7.05 Å². The lowest BCUT2D eigenvalue weighted by molar-refractivity contribution is -0.115. The van der Waals surface area contributed by atoms with Crippen LogP contribution >= 0.6 is 15.9 Å². The fourth-order valence-corrected chi connectivity index (χ4v) is 3.05. The van der Waals surface area contributed by atoms with Crippen molar-refractivity contribution in [2.75, 3.05) is 31.6 Å². The van der Waals surface area contributed by atoms with Crippen LogP contribution in [0.5, 0.6) is 0 Å². The number of nitrogens with one attached hydrogen (secondary N) is 1. The number of aliphatic imine (C=N–C) groups is 2. The molecule has 0 unspecified atom stereocenters. The quantitative estimate of drug-likeness (QED) is 0.705. The number of rotatable bonds is 1. The molecule has 10 heteroatoms. The van der Waals surface area contributed by atoms with Crippen molar-refractivity contribution in [3.8, 4) is 0 Å². The van der Waals surface area contributed by atoms with E-state index in [1.54, 1.807) is 11.0 Å². The molecular weight excluding hydrogens is 380 g/mol. The van der Waals surface area contributed by atoms with E-state index >= 15 is 0 Å². The minimum absolute atomic E-state index is 0.150. The topological polar surface area (TPSA) is 99.5 Å². The second kappa shape index (κ2) is 5.55. The van der Waals surface area contributed by atoms with Crippen molar-refractivity contribution in [3.05, 3.63) is 16.7 Å². The molecule has 3 aliphatic heterocycles. The Morgan fingerprint density at radius 2 is 2.12 bits per heavy atom. The van der Waals surface area contributed by atoms with Gasteiger partial charge in [-0.15, -0.1) is 0 Å². The number of aromatic nitrogens is 1. The highest BCUT2D eigenvalue weighted by Gasteiger charge is 2.41. The van der Waals surface area contributed by atoms with Crippen LogP contribution < -0.4 is 10.2 Å². The Kier molecular flexibility index (Phi) is 3.48. The van der Waals surface area contributed by atoms with Gasteiger partial charge in [0.15, 0.2) is 17.5 Å². The summed E-state index contributed by atoms with van der Waals surface area (Å²) in [4.78, 5) is 39.8. The lowest BCUT2D eigenvalue weighted by atomic mass is 10.1. The first-order chi connectivity index (χ1) is 11.5. The average molecular weight is 393 g/mol. The summed E-state index contributed by atoms with van der Waals surface area (Å²) in [5.41, 5.74) is 0.678. The lowest BCUT2D eigenvalue weighted by Gasteiger charge is -2.42. The van der Waals surface area contributed by atoms with E-state index in [2.05, 4.69) is 36.2 Å². The van der Waals surface area contributed by atoms with Crippen molar-refractivity contribution in [1.29, 1.82) is 0 Å². The van der Waals surface area contributed by atoms with E-state index in [-0.39, 0.29) is 18.6 Å². The maximum Gasteiger partial charge on any atom is 0.407 e. The number of ether oxygens (including phenoxy) is 1. The highest BCUT2D eigenvalue weighted by atomic mass is 79.9. The standard InChI is InChI=1S/C14H13BrN6O3/c1-16-14(23)24-7-4-20(5-7)12-13-19-10(22)6-21(13)11-8(17-12)2-3-9(15)18-11/h2-3,7H,4-6H2,1H3,(H,16,23). The number of carbonyl (C=O) groups is 2. The molecule has 124 valence electrons. The van der Waals surface area contributed by atoms with Crippen LogP contribution in [0.3, 0.4) is 0 Å². The first-order valence-electron chi connectivity index (χ1n) is 7.33. The molecule has 1 fully saturated rings. The Morgan fingerprint density at radius 1 is 1.33 bits per heavy atom. The van der Waals surface area contributed by atoms with Gasteiger partial charge in [-0.25, -0.2) is 14.8 Å². The molecule has 9 nitrogen and oxygen atoms in total. The van der Waals surface area contributed by atoms with Gasteiger partial charge in [0.25, 0.3) is 5.91 Å². The highest BCUT2D eigenvalue weighted by molar-refractivity contribution is 9.10. The van der Waals surface area contributed by atoms with Crippen LogP contribution in [0.25, 0.3) is 0 Å². The molecular formula is C14H13BrN6O3. The smallest absolute Gasteiger partial charge is 0.407 e. The molecule has 0 spiro atoms. The average Bonchev–Trinajstić information content (AvgIpc) is 2.92. The monoisotopic (exact) mass is 392 g/mol. The summed E-state index contributed by atoms with van der Waals surface area (Å²) in [5.74, 6) is 1.48. The molecule has 1 N–H and O–H groups in total. The maximum absolute atomic E-state index is 11.8. The van der Waals surface area contributed by atoms with Crippen molar-refractivity contribution < 1.29 is 14.3 Å². The van der Waals surface area contributed by atoms with Crippen LogP contribution in [0.15, 0.2) is 26.7 Å². The first-order valence-corrected chi connectivity index (χ1v) is 8.12. The van der Waals surface area contributed by atoms with Gasteiger partial charge in [0, 0.05) is 7.05 Å². The number of hydrogen-bond donors (Lipinski definition) is 1. The molecule has 1 aromatic rings. The van der Waals surface area contributed by atoms with Gasteiger partial charge in [0.2, 0.25) is 0 Å². The number of amidine groups is 2. The zero-order chi connectivity index (χ0) is 16.8. The Bertz CT molecular complexity index is 802. The van der Waals surface area contributed by atoms with E-state index in [0.29, 0.717) is 40.9 Å². The molecule has 0 aliphatic carbocycles. The number of amides is 2. The molecule has 4 heterocycles. The molecule has 1 aromatic heterocycles. The Hall–Kier alpha value is -2.49. The number of likely N-dealkylation sites (tertiary alicyclic amines) is 1. The minimum atomic E-state index is -0.459. The first kappa shape index (κ1) is 15.1. The van der Waals surface area contributed by atoms with Gasteiger partial charge in [0.1, 0.15) is 22.9 Å². The summed E-state index contributed by atoms with van der Waals surface area (Å²) < 4.78 is 5.86. The van der Waals surface area contributed by atoms with E-state index in [9.17, 15) is 9.59 Å². The SMILES string of the molecule is CNC(=O)OC1CN(C2=Nc3ccc(Br)nc3N3CC(=O)N=C23)C1. The van der Waals surface area contributed by atoms with E-state index in [1.807, 2.05) is 11.0 Å². The third-order valence-corrected chi connectivity index (χ3v) is 4.35. The van der Waals surface area contributed by atoms with Crippen LogP contribution in [0.1, 0.15) is 0 Å². The molecule has 0 saturated carbocycles. The summed E-state index contributed by atoms with van der Waals surface area (Å²) in [6.45, 7) is 1.16. The minimum Gasteiger partial charge on any atom is -0.442 e. The van der Waals surface area contributed by atoms with Gasteiger partial charge >= 0.3 is 6.09 Å². The fraction of sp³-hybridized carbons (Fsp3) is 0.357. The van der Waals surface area contributed by atoms with Crippen molar-refractivity contribution in [1.82, 2.24) is 15.2 Å². The number of hydrogen-bond acceptors (Lipinski definition) is 7. The zero-order valence-electron chi connectivity index (χ0n) is 12.7. The summed E-state index contributed by atoms with van der Waals surface area (Å²) >= 11 is 3.33.